The van der Waals surface area contributed by atoms with Crippen molar-refractivity contribution >= 4 is 73.6 Å². The van der Waals surface area contributed by atoms with Crippen molar-refractivity contribution in [3.63, 3.8) is 0 Å². The van der Waals surface area contributed by atoms with Crippen molar-refractivity contribution in [3.8, 4) is 21.9 Å². The number of nitrogens with zero attached hydrogens (tertiary/aromatic N) is 5. The molecule has 0 aliphatic carbocycles. The van der Waals surface area contributed by atoms with E-state index >= 15 is 0 Å². The van der Waals surface area contributed by atoms with Crippen LogP contribution in [0, 0.1) is 19.3 Å². The number of β-amino-alcohol motifs (C(OH)–C–C–N with tert-alkyl or cyclic N) is 1. The summed E-state index contributed by atoms with van der Waals surface area (Å²) in [5.74, 6) is 0.670. The molecule has 6 rings (SSSR count). The summed E-state index contributed by atoms with van der Waals surface area (Å²) in [6.07, 6.45) is 4.24. The Morgan fingerprint density at radius 3 is 2.38 bits per heavy atom. The number of ether oxygens (including phenoxy) is 2. The predicted molar refractivity (Wildman–Crippen MR) is 293 cm³/mol. The van der Waals surface area contributed by atoms with E-state index in [9.17, 15) is 27.9 Å². The van der Waals surface area contributed by atoms with Gasteiger partial charge in [-0.2, -0.15) is 4.98 Å². The van der Waals surface area contributed by atoms with Crippen molar-refractivity contribution in [1.29, 1.82) is 0 Å². The molecule has 74 heavy (non-hydrogen) atoms. The molecule has 0 saturated carbocycles. The van der Waals surface area contributed by atoms with E-state index in [2.05, 4.69) is 55.1 Å². The molecule has 0 spiro atoms. The van der Waals surface area contributed by atoms with Crippen LogP contribution < -0.4 is 30.7 Å². The molecule has 400 valence electrons. The van der Waals surface area contributed by atoms with E-state index < -0.39 is 50.6 Å². The number of hydrogen-bond donors (Lipinski definition) is 5. The van der Waals surface area contributed by atoms with Gasteiger partial charge in [0.05, 0.1) is 69.7 Å². The number of aliphatic hydroxyl groups excluding tert-OH is 1. The Morgan fingerprint density at radius 2 is 1.70 bits per heavy atom. The highest BCUT2D eigenvalue weighted by Crippen LogP contribution is 2.38. The fraction of sp³-hybridized carbons (Fsp3) is 0.481. The van der Waals surface area contributed by atoms with Crippen molar-refractivity contribution in [1.82, 2.24) is 35.4 Å². The molecule has 17 nitrogen and oxygen atoms in total. The summed E-state index contributed by atoms with van der Waals surface area (Å²) < 4.78 is 38.5. The van der Waals surface area contributed by atoms with E-state index in [-0.39, 0.29) is 46.5 Å². The number of carbonyl (C=O) groups excluding carboxylic acids is 3. The molecule has 1 aliphatic heterocycles. The number of methoxy groups -OCH3 is 1. The van der Waals surface area contributed by atoms with Crippen LogP contribution in [0.1, 0.15) is 103 Å². The number of para-hydroxylation sites is 1. The lowest BCUT2D eigenvalue weighted by atomic mass is 9.85. The smallest absolute Gasteiger partial charge is 0.246 e. The first-order valence-corrected chi connectivity index (χ1v) is 27.8. The molecule has 1 fully saturated rings. The van der Waals surface area contributed by atoms with E-state index in [1.807, 2.05) is 70.5 Å². The summed E-state index contributed by atoms with van der Waals surface area (Å²) >= 11 is 8.03. The molecule has 3 aromatic carbocycles. The van der Waals surface area contributed by atoms with Crippen LogP contribution in [0.25, 0.3) is 10.4 Å². The zero-order valence-electron chi connectivity index (χ0n) is 44.3. The molecular formula is C54H72ClN9O8S2. The van der Waals surface area contributed by atoms with E-state index in [4.69, 9.17) is 21.1 Å². The number of amides is 3. The molecule has 2 aromatic heterocycles. The van der Waals surface area contributed by atoms with Gasteiger partial charge in [-0.1, -0.05) is 50.6 Å². The normalized spacial score (nSPS) is 15.7. The molecule has 20 heteroatoms. The average Bonchev–Trinajstić information content (AvgIpc) is 3.96. The van der Waals surface area contributed by atoms with Gasteiger partial charge in [0, 0.05) is 32.0 Å². The van der Waals surface area contributed by atoms with Gasteiger partial charge in [0.2, 0.25) is 23.7 Å². The third-order valence-corrected chi connectivity index (χ3v) is 16.5. The second kappa shape index (κ2) is 25.1. The standard InChI is InChI=1S/C54H72ClN9O8S2/c1-32(2)74(69,70)47-18-14-13-17-42(47)60-50-41(55)29-56-53(62-50)61-43-25-33(3)37(26-46(43)71-11)21-23-63(10)22-15-12-16-24-72-45-27-38(19-20-40(45)48-35(5)57-31-73-48)34(4)58-51(67)44-28-39(66)30-64(44)52(68)49(54(7,8)9)59-36(6)65/h13-14,17-20,25-27,29,31-32,34,39,44,49,66H,12,15-16,21-24,28,30H2,1-11H3,(H,58,67)(H,59,65)(H2,56,60,61,62)/t34-,39+,44-,49+/m0/s1. The second-order valence-corrected chi connectivity index (χ2v) is 24.1. The number of likely N-dealkylation sites (N-methyl/N-ethyl adjacent to an activating group) is 1. The van der Waals surface area contributed by atoms with Crippen LogP contribution in [-0.4, -0.2) is 120 Å². The quantitative estimate of drug-likeness (QED) is 0.0386. The Balaban J connectivity index is 1.01. The summed E-state index contributed by atoms with van der Waals surface area (Å²) in [4.78, 5) is 57.9. The number of nitrogens with one attached hydrogen (secondary N) is 4. The molecule has 0 radical (unpaired) electrons. The first-order chi connectivity index (χ1) is 35.0. The number of carbonyl (C=O) groups is 3. The fourth-order valence-corrected chi connectivity index (χ4v) is 10.9. The predicted octanol–water partition coefficient (Wildman–Crippen LogP) is 8.96. The maximum absolute atomic E-state index is 13.8. The van der Waals surface area contributed by atoms with E-state index in [1.54, 1.807) is 45.2 Å². The summed E-state index contributed by atoms with van der Waals surface area (Å²) in [6.45, 7) is 18.3. The van der Waals surface area contributed by atoms with Gasteiger partial charge < -0.3 is 45.6 Å². The number of likely N-dealkylation sites (tertiary alicyclic amines) is 1. The third-order valence-electron chi connectivity index (χ3n) is 13.1. The number of sulfone groups is 1. The molecule has 1 saturated heterocycles. The minimum atomic E-state index is -3.58. The number of anilines is 4. The van der Waals surface area contributed by atoms with Gasteiger partial charge in [0.1, 0.15) is 28.6 Å². The van der Waals surface area contributed by atoms with Gasteiger partial charge in [0.25, 0.3) is 0 Å². The fourth-order valence-electron chi connectivity index (χ4n) is 8.76. The van der Waals surface area contributed by atoms with Gasteiger partial charge in [-0.3, -0.25) is 14.4 Å². The Bertz CT molecular complexity index is 2890. The maximum atomic E-state index is 13.8. The summed E-state index contributed by atoms with van der Waals surface area (Å²) in [5, 5.41) is 22.4. The van der Waals surface area contributed by atoms with Crippen LogP contribution in [0.5, 0.6) is 11.5 Å². The van der Waals surface area contributed by atoms with Gasteiger partial charge in [-0.05, 0) is 132 Å². The molecule has 3 amide bonds. The lowest BCUT2D eigenvalue weighted by Gasteiger charge is -2.35. The SMILES string of the molecule is COc1cc(CCN(C)CCCCCOc2cc([C@H](C)NC(=O)[C@@H]3C[C@@H](O)CN3C(=O)[C@@H](NC(C)=O)C(C)(C)C)ccc2-c2scnc2C)c(C)cc1Nc1ncc(Cl)c(Nc2ccccc2S(=O)(=O)C(C)C)n1. The summed E-state index contributed by atoms with van der Waals surface area (Å²) in [5.41, 5.74) is 7.06. The zero-order valence-corrected chi connectivity index (χ0v) is 46.7. The molecule has 5 N–H and O–H groups in total. The summed E-state index contributed by atoms with van der Waals surface area (Å²) in [6, 6.07) is 14.4. The lowest BCUT2D eigenvalue weighted by molar-refractivity contribution is -0.144. The number of benzene rings is 3. The van der Waals surface area contributed by atoms with Gasteiger partial charge in [-0.15, -0.1) is 11.3 Å². The van der Waals surface area contributed by atoms with Crippen molar-refractivity contribution in [2.24, 2.45) is 5.41 Å². The van der Waals surface area contributed by atoms with E-state index in [0.717, 1.165) is 71.6 Å². The second-order valence-electron chi connectivity index (χ2n) is 20.3. The van der Waals surface area contributed by atoms with Crippen LogP contribution in [-0.2, 0) is 30.6 Å². The maximum Gasteiger partial charge on any atom is 0.246 e. The minimum absolute atomic E-state index is 0.000983. The summed E-state index contributed by atoms with van der Waals surface area (Å²) in [7, 11) is 0.145. The van der Waals surface area contributed by atoms with Crippen LogP contribution in [0.15, 0.2) is 71.2 Å². The van der Waals surface area contributed by atoms with Crippen LogP contribution in [0.3, 0.4) is 0 Å². The molecular weight excluding hydrogens is 1000 g/mol. The van der Waals surface area contributed by atoms with E-state index in [1.165, 1.54) is 29.4 Å². The first kappa shape index (κ1) is 57.4. The zero-order chi connectivity index (χ0) is 54.1. The van der Waals surface area contributed by atoms with Crippen molar-refractivity contribution in [2.75, 3.05) is 51.0 Å². The Kier molecular flexibility index (Phi) is 19.5. The molecule has 4 atom stereocenters. The first-order valence-electron chi connectivity index (χ1n) is 25.0. The topological polar surface area (TPSA) is 217 Å². The van der Waals surface area contributed by atoms with Gasteiger partial charge in [0.15, 0.2) is 15.7 Å². The molecule has 5 aromatic rings. The highest BCUT2D eigenvalue weighted by atomic mass is 35.5. The highest BCUT2D eigenvalue weighted by Gasteiger charge is 2.44. The molecule has 1 aliphatic rings. The molecule has 3 heterocycles. The lowest BCUT2D eigenvalue weighted by Crippen LogP contribution is -2.57. The number of hydrogen-bond acceptors (Lipinski definition) is 15. The Hall–Kier alpha value is -5.86. The monoisotopic (exact) mass is 1070 g/mol. The Morgan fingerprint density at radius 1 is 0.959 bits per heavy atom. The average molecular weight is 1070 g/mol. The van der Waals surface area contributed by atoms with Crippen molar-refractivity contribution < 1.29 is 37.4 Å². The van der Waals surface area contributed by atoms with Crippen molar-refractivity contribution in [2.45, 2.75) is 129 Å². The third kappa shape index (κ3) is 14.5. The number of aryl methyl sites for hydroxylation is 2. The van der Waals surface area contributed by atoms with E-state index in [0.29, 0.717) is 29.5 Å². The number of aromatic nitrogens is 3. The minimum Gasteiger partial charge on any atom is -0.495 e. The van der Waals surface area contributed by atoms with Gasteiger partial charge >= 0.3 is 0 Å². The number of thiazole rings is 1. The van der Waals surface area contributed by atoms with Crippen LogP contribution in [0.4, 0.5) is 23.1 Å². The number of aliphatic hydroxyl groups is 1. The largest absolute Gasteiger partial charge is 0.495 e. The molecule has 0 bridgehead atoms. The molecule has 0 unspecified atom stereocenters. The number of halogens is 1. The number of rotatable bonds is 23. The van der Waals surface area contributed by atoms with Crippen molar-refractivity contribution in [3.05, 3.63) is 93.7 Å². The van der Waals surface area contributed by atoms with Crippen LogP contribution >= 0.6 is 22.9 Å². The van der Waals surface area contributed by atoms with Crippen LogP contribution in [0.2, 0.25) is 5.02 Å². The Labute approximate surface area is 445 Å². The highest BCUT2D eigenvalue weighted by molar-refractivity contribution is 7.92. The van der Waals surface area contributed by atoms with Gasteiger partial charge in [-0.25, -0.2) is 18.4 Å². The number of unbranched alkanes of at least 4 members (excludes halogenated alkanes) is 2.